The molecular weight excluding hydrogens is 340 g/mol. The number of nitrogens with two attached hydrogens (primary N) is 1. The first kappa shape index (κ1) is 15.6. The van der Waals surface area contributed by atoms with Gasteiger partial charge in [0.2, 0.25) is 0 Å². The van der Waals surface area contributed by atoms with Crippen LogP contribution in [-0.2, 0) is 6.54 Å². The summed E-state index contributed by atoms with van der Waals surface area (Å²) in [6, 6.07) is 8.63. The Kier molecular flexibility index (Phi) is 4.86. The Morgan fingerprint density at radius 3 is 2.95 bits per heavy atom. The summed E-state index contributed by atoms with van der Waals surface area (Å²) in [5.41, 5.74) is 10.3. The number of aryl methyl sites for hydroxylation is 1. The molecule has 1 aliphatic heterocycles. The van der Waals surface area contributed by atoms with Crippen LogP contribution >= 0.6 is 15.9 Å². The lowest BCUT2D eigenvalue weighted by molar-refractivity contribution is 0.201. The lowest BCUT2D eigenvalue weighted by Crippen LogP contribution is -2.42. The molecule has 0 amide bonds. The van der Waals surface area contributed by atoms with Crippen molar-refractivity contribution in [3.8, 4) is 11.3 Å². The van der Waals surface area contributed by atoms with E-state index in [4.69, 9.17) is 5.73 Å². The molecule has 0 aromatic carbocycles. The predicted octanol–water partition coefficient (Wildman–Crippen LogP) is 3.14. The van der Waals surface area contributed by atoms with Gasteiger partial charge in [0.25, 0.3) is 0 Å². The number of likely N-dealkylation sites (tertiary alicyclic amines) is 1. The molecule has 2 N–H and O–H groups in total. The monoisotopic (exact) mass is 360 g/mol. The molecule has 1 saturated heterocycles. The van der Waals surface area contributed by atoms with Crippen molar-refractivity contribution in [3.63, 3.8) is 0 Å². The van der Waals surface area contributed by atoms with E-state index in [-0.39, 0.29) is 0 Å². The van der Waals surface area contributed by atoms with Crippen LogP contribution in [0.1, 0.15) is 24.1 Å². The maximum atomic E-state index is 6.07. The first-order chi connectivity index (χ1) is 10.6. The molecule has 0 spiro atoms. The topological polar surface area (TPSA) is 55.0 Å². The summed E-state index contributed by atoms with van der Waals surface area (Å²) in [6.45, 7) is 5.00. The van der Waals surface area contributed by atoms with Crippen LogP contribution in [0.25, 0.3) is 11.3 Å². The van der Waals surface area contributed by atoms with Crippen molar-refractivity contribution in [1.29, 1.82) is 0 Å². The minimum atomic E-state index is 0.305. The van der Waals surface area contributed by atoms with Gasteiger partial charge in [0, 0.05) is 36.6 Å². The van der Waals surface area contributed by atoms with Gasteiger partial charge in [-0.2, -0.15) is 0 Å². The summed E-state index contributed by atoms with van der Waals surface area (Å²) < 4.78 is 0.863. The molecule has 5 heteroatoms. The SMILES string of the molecule is Cc1ccc(-c2cc(CN3CCCC(N)C3)cc(Br)n2)cn1. The highest BCUT2D eigenvalue weighted by Crippen LogP contribution is 2.23. The van der Waals surface area contributed by atoms with Gasteiger partial charge in [0.05, 0.1) is 5.69 Å². The molecule has 3 rings (SSSR count). The van der Waals surface area contributed by atoms with E-state index in [0.29, 0.717) is 6.04 Å². The number of nitrogens with zero attached hydrogens (tertiary/aromatic N) is 3. The molecule has 1 unspecified atom stereocenters. The van der Waals surface area contributed by atoms with Gasteiger partial charge in [-0.25, -0.2) is 4.98 Å². The van der Waals surface area contributed by atoms with E-state index in [1.165, 1.54) is 12.0 Å². The summed E-state index contributed by atoms with van der Waals surface area (Å²) in [7, 11) is 0. The van der Waals surface area contributed by atoms with Gasteiger partial charge in [0.15, 0.2) is 0 Å². The van der Waals surface area contributed by atoms with E-state index in [1.807, 2.05) is 19.2 Å². The zero-order valence-corrected chi connectivity index (χ0v) is 14.4. The van der Waals surface area contributed by atoms with Crippen LogP contribution in [0, 0.1) is 6.92 Å². The van der Waals surface area contributed by atoms with E-state index < -0.39 is 0 Å². The number of aromatic nitrogens is 2. The van der Waals surface area contributed by atoms with Crippen molar-refractivity contribution in [2.45, 2.75) is 32.4 Å². The van der Waals surface area contributed by atoms with Crippen molar-refractivity contribution in [1.82, 2.24) is 14.9 Å². The van der Waals surface area contributed by atoms with Crippen LogP contribution in [0.4, 0.5) is 0 Å². The lowest BCUT2D eigenvalue weighted by atomic mass is 10.1. The van der Waals surface area contributed by atoms with Crippen molar-refractivity contribution >= 4 is 15.9 Å². The van der Waals surface area contributed by atoms with Crippen LogP contribution < -0.4 is 5.73 Å². The third-order valence-corrected chi connectivity index (χ3v) is 4.42. The van der Waals surface area contributed by atoms with Gasteiger partial charge < -0.3 is 5.73 Å². The normalized spacial score (nSPS) is 19.3. The molecular formula is C17H21BrN4. The van der Waals surface area contributed by atoms with E-state index >= 15 is 0 Å². The third kappa shape index (κ3) is 3.91. The second-order valence-electron chi connectivity index (χ2n) is 6.01. The Morgan fingerprint density at radius 1 is 1.36 bits per heavy atom. The average molecular weight is 361 g/mol. The van der Waals surface area contributed by atoms with Gasteiger partial charge >= 0.3 is 0 Å². The minimum absolute atomic E-state index is 0.305. The van der Waals surface area contributed by atoms with Crippen molar-refractivity contribution in [2.24, 2.45) is 5.73 Å². The first-order valence-corrected chi connectivity index (χ1v) is 8.47. The van der Waals surface area contributed by atoms with E-state index in [2.05, 4.69) is 49.0 Å². The van der Waals surface area contributed by atoms with Gasteiger partial charge in [-0.05, 0) is 72.1 Å². The molecule has 0 saturated carbocycles. The second-order valence-corrected chi connectivity index (χ2v) is 6.82. The smallest absolute Gasteiger partial charge is 0.107 e. The quantitative estimate of drug-likeness (QED) is 0.854. The summed E-state index contributed by atoms with van der Waals surface area (Å²) in [5.74, 6) is 0. The fourth-order valence-corrected chi connectivity index (χ4v) is 3.39. The fourth-order valence-electron chi connectivity index (χ4n) is 2.90. The first-order valence-electron chi connectivity index (χ1n) is 7.67. The third-order valence-electron chi connectivity index (χ3n) is 4.01. The highest BCUT2D eigenvalue weighted by Gasteiger charge is 2.17. The molecule has 116 valence electrons. The van der Waals surface area contributed by atoms with E-state index in [1.54, 1.807) is 0 Å². The summed E-state index contributed by atoms with van der Waals surface area (Å²) in [5, 5.41) is 0. The summed E-state index contributed by atoms with van der Waals surface area (Å²) in [6.07, 6.45) is 4.20. The van der Waals surface area contributed by atoms with Gasteiger partial charge in [-0.1, -0.05) is 0 Å². The average Bonchev–Trinajstić information content (AvgIpc) is 2.47. The zero-order chi connectivity index (χ0) is 15.5. The largest absolute Gasteiger partial charge is 0.327 e. The minimum Gasteiger partial charge on any atom is -0.327 e. The molecule has 1 fully saturated rings. The zero-order valence-electron chi connectivity index (χ0n) is 12.8. The van der Waals surface area contributed by atoms with Gasteiger partial charge in [0.1, 0.15) is 4.60 Å². The Morgan fingerprint density at radius 2 is 2.23 bits per heavy atom. The molecule has 0 bridgehead atoms. The van der Waals surface area contributed by atoms with Crippen LogP contribution in [0.5, 0.6) is 0 Å². The number of rotatable bonds is 3. The summed E-state index contributed by atoms with van der Waals surface area (Å²) in [4.78, 5) is 11.4. The van der Waals surface area contributed by atoms with E-state index in [9.17, 15) is 0 Å². The van der Waals surface area contributed by atoms with Crippen molar-refractivity contribution in [3.05, 3.63) is 46.3 Å². The number of hydrogen-bond donors (Lipinski definition) is 1. The molecule has 1 atom stereocenters. The fraction of sp³-hybridized carbons (Fsp3) is 0.412. The molecule has 2 aromatic rings. The predicted molar refractivity (Wildman–Crippen MR) is 92.4 cm³/mol. The van der Waals surface area contributed by atoms with Crippen LogP contribution in [0.2, 0.25) is 0 Å². The maximum Gasteiger partial charge on any atom is 0.107 e. The summed E-state index contributed by atoms with van der Waals surface area (Å²) >= 11 is 3.53. The number of halogens is 1. The molecule has 2 aromatic heterocycles. The lowest BCUT2D eigenvalue weighted by Gasteiger charge is -2.30. The Balaban J connectivity index is 1.82. The Labute approximate surface area is 139 Å². The van der Waals surface area contributed by atoms with Gasteiger partial charge in [-0.3, -0.25) is 9.88 Å². The molecule has 3 heterocycles. The number of pyridine rings is 2. The van der Waals surface area contributed by atoms with Crippen molar-refractivity contribution in [2.75, 3.05) is 13.1 Å². The second kappa shape index (κ2) is 6.86. The number of piperidine rings is 1. The van der Waals surface area contributed by atoms with Crippen LogP contribution in [0.3, 0.4) is 0 Å². The molecule has 0 radical (unpaired) electrons. The van der Waals surface area contributed by atoms with E-state index in [0.717, 1.165) is 47.6 Å². The molecule has 1 aliphatic rings. The highest BCUT2D eigenvalue weighted by molar-refractivity contribution is 9.10. The molecule has 22 heavy (non-hydrogen) atoms. The highest BCUT2D eigenvalue weighted by atomic mass is 79.9. The number of hydrogen-bond acceptors (Lipinski definition) is 4. The van der Waals surface area contributed by atoms with Gasteiger partial charge in [-0.15, -0.1) is 0 Å². The Hall–Kier alpha value is -1.30. The van der Waals surface area contributed by atoms with Crippen LogP contribution in [-0.4, -0.2) is 34.0 Å². The molecule has 4 nitrogen and oxygen atoms in total. The van der Waals surface area contributed by atoms with Crippen LogP contribution in [0.15, 0.2) is 35.1 Å². The Bertz CT molecular complexity index is 642. The maximum absolute atomic E-state index is 6.07. The standard InChI is InChI=1S/C17H21BrN4/c1-12-4-5-14(9-20-12)16-7-13(8-17(18)21-16)10-22-6-2-3-15(19)11-22/h4-5,7-9,15H,2-3,6,10-11,19H2,1H3. The van der Waals surface area contributed by atoms with Crippen molar-refractivity contribution < 1.29 is 0 Å². The molecule has 0 aliphatic carbocycles.